The molecular formula is C10H12N2O4. The zero-order valence-corrected chi connectivity index (χ0v) is 8.56. The Hall–Kier alpha value is -1.82. The van der Waals surface area contributed by atoms with Crippen LogP contribution in [0.4, 0.5) is 0 Å². The van der Waals surface area contributed by atoms with Gasteiger partial charge in [0.15, 0.2) is 5.76 Å². The molecule has 1 aromatic rings. The molecule has 0 bridgehead atoms. The van der Waals surface area contributed by atoms with Gasteiger partial charge in [-0.1, -0.05) is 0 Å². The lowest BCUT2D eigenvalue weighted by Gasteiger charge is -2.10. The molecule has 2 rings (SSSR count). The van der Waals surface area contributed by atoms with Crippen LogP contribution < -0.4 is 10.9 Å². The summed E-state index contributed by atoms with van der Waals surface area (Å²) < 4.78 is 10.0. The van der Waals surface area contributed by atoms with E-state index >= 15 is 0 Å². The maximum absolute atomic E-state index is 11.4. The van der Waals surface area contributed by atoms with Gasteiger partial charge in [0.1, 0.15) is 6.10 Å². The van der Waals surface area contributed by atoms with E-state index in [0.717, 1.165) is 6.42 Å². The molecule has 6 heteroatoms. The van der Waals surface area contributed by atoms with Crippen molar-refractivity contribution in [3.05, 3.63) is 24.2 Å². The van der Waals surface area contributed by atoms with Crippen molar-refractivity contribution < 1.29 is 18.7 Å². The quantitative estimate of drug-likeness (QED) is 0.704. The molecule has 2 amide bonds. The molecule has 1 aliphatic rings. The van der Waals surface area contributed by atoms with Gasteiger partial charge in [0.05, 0.1) is 6.26 Å². The maximum Gasteiger partial charge on any atom is 0.305 e. The van der Waals surface area contributed by atoms with Gasteiger partial charge in [-0.05, 0) is 25.0 Å². The number of nitrogens with one attached hydrogen (secondary N) is 2. The van der Waals surface area contributed by atoms with Crippen LogP contribution >= 0.6 is 0 Å². The van der Waals surface area contributed by atoms with E-state index in [1.807, 2.05) is 0 Å². The molecule has 1 aromatic heterocycles. The highest BCUT2D eigenvalue weighted by molar-refractivity contribution is 5.93. The smallest absolute Gasteiger partial charge is 0.305 e. The maximum atomic E-state index is 11.4. The summed E-state index contributed by atoms with van der Waals surface area (Å²) in [5.41, 5.74) is 4.54. The zero-order chi connectivity index (χ0) is 11.4. The number of furan rings is 1. The highest BCUT2D eigenvalue weighted by Gasteiger charge is 2.23. The third-order valence-electron chi connectivity index (χ3n) is 2.27. The third-order valence-corrected chi connectivity index (χ3v) is 2.27. The summed E-state index contributed by atoms with van der Waals surface area (Å²) in [7, 11) is 0. The molecule has 86 valence electrons. The van der Waals surface area contributed by atoms with Crippen LogP contribution in [0.15, 0.2) is 22.8 Å². The summed E-state index contributed by atoms with van der Waals surface area (Å²) in [6, 6.07) is 3.10. The lowest BCUT2D eigenvalue weighted by atomic mass is 10.2. The fraction of sp³-hybridized carbons (Fsp3) is 0.400. The highest BCUT2D eigenvalue weighted by atomic mass is 16.5. The van der Waals surface area contributed by atoms with Gasteiger partial charge in [-0.25, -0.2) is 0 Å². The molecule has 0 aliphatic carbocycles. The van der Waals surface area contributed by atoms with Gasteiger partial charge in [-0.3, -0.25) is 20.4 Å². The van der Waals surface area contributed by atoms with E-state index in [-0.39, 0.29) is 11.7 Å². The lowest BCUT2D eigenvalue weighted by Crippen LogP contribution is -2.46. The fourth-order valence-corrected chi connectivity index (χ4v) is 1.45. The Labute approximate surface area is 91.9 Å². The number of hydrazine groups is 1. The van der Waals surface area contributed by atoms with Crippen molar-refractivity contribution in [2.45, 2.75) is 18.9 Å². The van der Waals surface area contributed by atoms with Gasteiger partial charge in [0.25, 0.3) is 5.91 Å². The summed E-state index contributed by atoms with van der Waals surface area (Å²) in [5.74, 6) is -0.679. The van der Waals surface area contributed by atoms with Gasteiger partial charge in [-0.2, -0.15) is 0 Å². The molecule has 0 aromatic carbocycles. The van der Waals surface area contributed by atoms with Crippen LogP contribution in [0.5, 0.6) is 0 Å². The molecule has 1 fully saturated rings. The molecule has 1 saturated heterocycles. The molecule has 2 heterocycles. The summed E-state index contributed by atoms with van der Waals surface area (Å²) in [5, 5.41) is 0. The third kappa shape index (κ3) is 2.40. The minimum absolute atomic E-state index is 0.146. The van der Waals surface area contributed by atoms with Crippen LogP contribution in [0.3, 0.4) is 0 Å². The first-order valence-electron chi connectivity index (χ1n) is 5.02. The number of amides is 2. The predicted molar refractivity (Wildman–Crippen MR) is 53.3 cm³/mol. The first kappa shape index (κ1) is 10.7. The number of carbonyl (C=O) groups is 2. The fourth-order valence-electron chi connectivity index (χ4n) is 1.45. The van der Waals surface area contributed by atoms with Crippen LogP contribution in [-0.4, -0.2) is 24.5 Å². The summed E-state index contributed by atoms with van der Waals surface area (Å²) >= 11 is 0. The first-order valence-corrected chi connectivity index (χ1v) is 5.02. The van der Waals surface area contributed by atoms with E-state index in [4.69, 9.17) is 9.15 Å². The Morgan fingerprint density at radius 3 is 2.88 bits per heavy atom. The molecule has 6 nitrogen and oxygen atoms in total. The van der Waals surface area contributed by atoms with Gasteiger partial charge >= 0.3 is 5.91 Å². The second-order valence-electron chi connectivity index (χ2n) is 3.42. The standard InChI is InChI=1S/C10H12N2O4/c13-9(7-3-1-5-15-7)11-12-10(14)8-4-2-6-16-8/h1,3,5,8H,2,4,6H2,(H,11,13)(H,12,14)/t8-/m1/s1. The Bertz CT molecular complexity index is 368. The van der Waals surface area contributed by atoms with Crippen LogP contribution in [0.25, 0.3) is 0 Å². The number of rotatable bonds is 2. The van der Waals surface area contributed by atoms with Crippen molar-refractivity contribution in [3.8, 4) is 0 Å². The molecule has 0 spiro atoms. The molecule has 0 saturated carbocycles. The lowest BCUT2D eigenvalue weighted by molar-refractivity contribution is -0.130. The van der Waals surface area contributed by atoms with Crippen molar-refractivity contribution >= 4 is 11.8 Å². The van der Waals surface area contributed by atoms with Crippen LogP contribution in [0, 0.1) is 0 Å². The SMILES string of the molecule is O=C(NNC(=O)[C@H]1CCCO1)c1ccco1. The van der Waals surface area contributed by atoms with Crippen molar-refractivity contribution in [3.63, 3.8) is 0 Å². The second kappa shape index (κ2) is 4.80. The minimum atomic E-state index is -0.489. The summed E-state index contributed by atoms with van der Waals surface area (Å²) in [4.78, 5) is 22.8. The highest BCUT2D eigenvalue weighted by Crippen LogP contribution is 2.11. The van der Waals surface area contributed by atoms with E-state index in [9.17, 15) is 9.59 Å². The van der Waals surface area contributed by atoms with Crippen molar-refractivity contribution in [1.29, 1.82) is 0 Å². The topological polar surface area (TPSA) is 80.6 Å². The number of hydrogen-bond acceptors (Lipinski definition) is 4. The van der Waals surface area contributed by atoms with Crippen molar-refractivity contribution in [2.75, 3.05) is 6.61 Å². The van der Waals surface area contributed by atoms with E-state index < -0.39 is 12.0 Å². The molecule has 0 radical (unpaired) electrons. The summed E-state index contributed by atoms with van der Waals surface area (Å²) in [6.45, 7) is 0.588. The van der Waals surface area contributed by atoms with Gasteiger partial charge in [-0.15, -0.1) is 0 Å². The Morgan fingerprint density at radius 2 is 2.25 bits per heavy atom. The van der Waals surface area contributed by atoms with Crippen molar-refractivity contribution in [1.82, 2.24) is 10.9 Å². The second-order valence-corrected chi connectivity index (χ2v) is 3.42. The zero-order valence-electron chi connectivity index (χ0n) is 8.56. The molecule has 16 heavy (non-hydrogen) atoms. The monoisotopic (exact) mass is 224 g/mol. The number of carbonyl (C=O) groups excluding carboxylic acids is 2. The first-order chi connectivity index (χ1) is 7.77. The molecular weight excluding hydrogens is 212 g/mol. The largest absolute Gasteiger partial charge is 0.459 e. The number of ether oxygens (including phenoxy) is 1. The van der Waals surface area contributed by atoms with Gasteiger partial charge in [0.2, 0.25) is 0 Å². The van der Waals surface area contributed by atoms with E-state index in [1.54, 1.807) is 6.07 Å². The van der Waals surface area contributed by atoms with E-state index in [2.05, 4.69) is 10.9 Å². The van der Waals surface area contributed by atoms with Gasteiger partial charge in [0, 0.05) is 6.61 Å². The molecule has 0 unspecified atom stereocenters. The Morgan fingerprint density at radius 1 is 1.38 bits per heavy atom. The van der Waals surface area contributed by atoms with Crippen LogP contribution in [0.2, 0.25) is 0 Å². The van der Waals surface area contributed by atoms with Crippen molar-refractivity contribution in [2.24, 2.45) is 0 Å². The van der Waals surface area contributed by atoms with Crippen LogP contribution in [-0.2, 0) is 9.53 Å². The van der Waals surface area contributed by atoms with E-state index in [1.165, 1.54) is 12.3 Å². The predicted octanol–water partition coefficient (Wildman–Crippen LogP) is 0.220. The Kier molecular flexibility index (Phi) is 3.21. The number of hydrogen-bond donors (Lipinski definition) is 2. The van der Waals surface area contributed by atoms with Crippen LogP contribution in [0.1, 0.15) is 23.4 Å². The normalized spacial score (nSPS) is 19.4. The Balaban J connectivity index is 1.79. The molecule has 1 atom stereocenters. The average Bonchev–Trinajstić information content (AvgIpc) is 2.95. The average molecular weight is 224 g/mol. The molecule has 1 aliphatic heterocycles. The van der Waals surface area contributed by atoms with Gasteiger partial charge < -0.3 is 9.15 Å². The summed E-state index contributed by atoms with van der Waals surface area (Å²) in [6.07, 6.45) is 2.47. The van der Waals surface area contributed by atoms with E-state index in [0.29, 0.717) is 13.0 Å². The minimum Gasteiger partial charge on any atom is -0.459 e. The molecule has 2 N–H and O–H groups in total.